The van der Waals surface area contributed by atoms with Crippen molar-refractivity contribution in [2.24, 2.45) is 0 Å². The minimum atomic E-state index is -0.904. The second-order valence-electron chi connectivity index (χ2n) is 6.21. The Morgan fingerprint density at radius 1 is 0.929 bits per heavy atom. The number of ketones is 1. The van der Waals surface area contributed by atoms with Crippen LogP contribution in [0.2, 0.25) is 0 Å². The maximum Gasteiger partial charge on any atom is 0.270 e. The summed E-state index contributed by atoms with van der Waals surface area (Å²) in [6, 6.07) is 21.3. The van der Waals surface area contributed by atoms with Crippen molar-refractivity contribution in [1.29, 1.82) is 0 Å². The summed E-state index contributed by atoms with van der Waals surface area (Å²) in [6.07, 6.45) is -0.480. The van der Waals surface area contributed by atoms with Crippen molar-refractivity contribution in [1.82, 2.24) is 0 Å². The molecule has 0 unspecified atom stereocenters. The Kier molecular flexibility index (Phi) is 6.17. The number of halogens is 1. The summed E-state index contributed by atoms with van der Waals surface area (Å²) in [5.74, 6) is -0.252. The molecule has 1 N–H and O–H groups in total. The molecule has 0 spiro atoms. The molecular weight excluding hydrogens is 357 g/mol. The fraction of sp³-hybridized carbons (Fsp3) is 0.130. The van der Waals surface area contributed by atoms with Gasteiger partial charge in [-0.3, -0.25) is 9.59 Å². The molecule has 5 heteroatoms. The van der Waals surface area contributed by atoms with E-state index < -0.39 is 6.10 Å². The monoisotopic (exact) mass is 377 g/mol. The van der Waals surface area contributed by atoms with E-state index in [2.05, 4.69) is 5.32 Å². The molecule has 3 aromatic carbocycles. The largest absolute Gasteiger partial charge is 0.476 e. The van der Waals surface area contributed by atoms with Crippen LogP contribution in [0.1, 0.15) is 35.4 Å². The third-order valence-corrected chi connectivity index (χ3v) is 4.20. The number of ether oxygens (including phenoxy) is 1. The summed E-state index contributed by atoms with van der Waals surface area (Å²) >= 11 is 0. The molecule has 0 aromatic heterocycles. The van der Waals surface area contributed by atoms with E-state index in [-0.39, 0.29) is 17.5 Å². The van der Waals surface area contributed by atoms with Crippen LogP contribution in [-0.2, 0) is 4.79 Å². The van der Waals surface area contributed by atoms with Crippen LogP contribution in [-0.4, -0.2) is 11.7 Å². The van der Waals surface area contributed by atoms with Gasteiger partial charge in [0, 0.05) is 23.2 Å². The molecule has 28 heavy (non-hydrogen) atoms. The maximum atomic E-state index is 13.1. The first-order valence-corrected chi connectivity index (χ1v) is 8.98. The highest BCUT2D eigenvalue weighted by Gasteiger charge is 2.23. The zero-order chi connectivity index (χ0) is 19.9. The lowest BCUT2D eigenvalue weighted by atomic mass is 10.1. The highest BCUT2D eigenvalue weighted by molar-refractivity contribution is 5.96. The number of hydrogen-bond donors (Lipinski definition) is 1. The van der Waals surface area contributed by atoms with E-state index in [1.54, 1.807) is 43.3 Å². The third kappa shape index (κ3) is 4.82. The van der Waals surface area contributed by atoms with Crippen LogP contribution < -0.4 is 10.1 Å². The number of anilines is 1. The molecular formula is C23H20FNO3. The summed E-state index contributed by atoms with van der Waals surface area (Å²) in [5, 5.41) is 2.74. The quantitative estimate of drug-likeness (QED) is 0.578. The lowest BCUT2D eigenvalue weighted by molar-refractivity contribution is -0.123. The molecule has 0 fully saturated rings. The molecule has 1 atom stereocenters. The van der Waals surface area contributed by atoms with E-state index in [1.165, 1.54) is 24.3 Å². The van der Waals surface area contributed by atoms with Crippen LogP contribution in [0.3, 0.4) is 0 Å². The predicted molar refractivity (Wildman–Crippen MR) is 106 cm³/mol. The maximum absolute atomic E-state index is 13.1. The lowest BCUT2D eigenvalue weighted by Gasteiger charge is -2.19. The molecule has 4 nitrogen and oxygen atoms in total. The van der Waals surface area contributed by atoms with Crippen LogP contribution in [0, 0.1) is 5.82 Å². The molecule has 0 aliphatic carbocycles. The minimum Gasteiger partial charge on any atom is -0.476 e. The van der Waals surface area contributed by atoms with Gasteiger partial charge in [0.1, 0.15) is 11.6 Å². The van der Waals surface area contributed by atoms with E-state index >= 15 is 0 Å². The molecule has 0 aliphatic rings. The van der Waals surface area contributed by atoms with Gasteiger partial charge in [-0.2, -0.15) is 0 Å². The molecule has 0 radical (unpaired) electrons. The normalized spacial score (nSPS) is 11.5. The predicted octanol–water partition coefficient (Wildman–Crippen LogP) is 5.18. The van der Waals surface area contributed by atoms with Crippen molar-refractivity contribution < 1.29 is 18.7 Å². The van der Waals surface area contributed by atoms with Gasteiger partial charge in [-0.1, -0.05) is 37.3 Å². The van der Waals surface area contributed by atoms with E-state index in [0.717, 1.165) is 0 Å². The van der Waals surface area contributed by atoms with Gasteiger partial charge in [0.15, 0.2) is 5.78 Å². The summed E-state index contributed by atoms with van der Waals surface area (Å²) in [7, 11) is 0. The van der Waals surface area contributed by atoms with Gasteiger partial charge >= 0.3 is 0 Å². The van der Waals surface area contributed by atoms with Crippen LogP contribution in [0.15, 0.2) is 78.9 Å². The number of hydrogen-bond acceptors (Lipinski definition) is 3. The summed E-state index contributed by atoms with van der Waals surface area (Å²) in [6.45, 7) is 1.80. The average molecular weight is 377 g/mol. The third-order valence-electron chi connectivity index (χ3n) is 4.20. The van der Waals surface area contributed by atoms with Gasteiger partial charge in [-0.15, -0.1) is 0 Å². The molecule has 0 heterocycles. The second kappa shape index (κ2) is 8.95. The smallest absolute Gasteiger partial charge is 0.270 e. The number of benzene rings is 3. The van der Waals surface area contributed by atoms with Crippen molar-refractivity contribution in [2.45, 2.75) is 19.4 Å². The van der Waals surface area contributed by atoms with Crippen LogP contribution >= 0.6 is 0 Å². The van der Waals surface area contributed by atoms with Gasteiger partial charge < -0.3 is 10.1 Å². The molecule has 3 aromatic rings. The Balaban J connectivity index is 1.82. The Morgan fingerprint density at radius 3 is 2.18 bits per heavy atom. The summed E-state index contributed by atoms with van der Waals surface area (Å²) in [5.41, 5.74) is 1.75. The minimum absolute atomic E-state index is 0.0419. The fourth-order valence-corrected chi connectivity index (χ4v) is 2.70. The van der Waals surface area contributed by atoms with Crippen molar-refractivity contribution in [3.63, 3.8) is 0 Å². The van der Waals surface area contributed by atoms with Crippen molar-refractivity contribution >= 4 is 17.4 Å². The highest BCUT2D eigenvalue weighted by Crippen LogP contribution is 2.24. The van der Waals surface area contributed by atoms with Crippen molar-refractivity contribution in [3.8, 4) is 5.75 Å². The van der Waals surface area contributed by atoms with Crippen LogP contribution in [0.5, 0.6) is 5.75 Å². The zero-order valence-corrected chi connectivity index (χ0v) is 15.4. The first-order valence-electron chi connectivity index (χ1n) is 8.98. The zero-order valence-electron chi connectivity index (χ0n) is 15.4. The molecule has 3 rings (SSSR count). The molecule has 0 saturated carbocycles. The second-order valence-corrected chi connectivity index (χ2v) is 6.21. The molecule has 0 aliphatic heterocycles. The standard InChI is InChI=1S/C23H20FNO3/c1-2-21(26)16-8-14-20(15-9-16)28-22(17-6-4-3-5-7-17)23(27)25-19-12-10-18(24)11-13-19/h3-15,22H,2H2,1H3,(H,25,27)/t22-/m1/s1. The topological polar surface area (TPSA) is 55.4 Å². The first-order chi connectivity index (χ1) is 13.6. The van der Waals surface area contributed by atoms with Crippen molar-refractivity contribution in [3.05, 3.63) is 95.8 Å². The Bertz CT molecular complexity index is 938. The van der Waals surface area contributed by atoms with Gasteiger partial charge in [0.25, 0.3) is 5.91 Å². The molecule has 142 valence electrons. The van der Waals surface area contributed by atoms with E-state index in [0.29, 0.717) is 29.0 Å². The number of Topliss-reactive ketones (excluding diaryl/α,β-unsaturated/α-hetero) is 1. The van der Waals surface area contributed by atoms with Crippen LogP contribution in [0.25, 0.3) is 0 Å². The number of carbonyl (C=O) groups is 2. The van der Waals surface area contributed by atoms with Gasteiger partial charge in [0.05, 0.1) is 0 Å². The molecule has 1 amide bonds. The van der Waals surface area contributed by atoms with Gasteiger partial charge in [-0.05, 0) is 48.5 Å². The Morgan fingerprint density at radius 2 is 1.57 bits per heavy atom. The molecule has 0 bridgehead atoms. The number of rotatable bonds is 7. The number of nitrogens with one attached hydrogen (secondary N) is 1. The SMILES string of the molecule is CCC(=O)c1ccc(O[C@@H](C(=O)Nc2ccc(F)cc2)c2ccccc2)cc1. The van der Waals surface area contributed by atoms with E-state index in [9.17, 15) is 14.0 Å². The van der Waals surface area contributed by atoms with Gasteiger partial charge in [0.2, 0.25) is 6.10 Å². The summed E-state index contributed by atoms with van der Waals surface area (Å²) < 4.78 is 19.0. The van der Waals surface area contributed by atoms with Gasteiger partial charge in [-0.25, -0.2) is 4.39 Å². The number of carbonyl (C=O) groups excluding carboxylic acids is 2. The fourth-order valence-electron chi connectivity index (χ4n) is 2.70. The van der Waals surface area contributed by atoms with Crippen molar-refractivity contribution in [2.75, 3.05) is 5.32 Å². The highest BCUT2D eigenvalue weighted by atomic mass is 19.1. The number of amides is 1. The average Bonchev–Trinajstić information content (AvgIpc) is 2.74. The first kappa shape index (κ1) is 19.3. The van der Waals surface area contributed by atoms with E-state index in [4.69, 9.17) is 4.74 Å². The van der Waals surface area contributed by atoms with E-state index in [1.807, 2.05) is 18.2 Å². The molecule has 0 saturated heterocycles. The summed E-state index contributed by atoms with van der Waals surface area (Å²) in [4.78, 5) is 24.6. The van der Waals surface area contributed by atoms with Crippen LogP contribution in [0.4, 0.5) is 10.1 Å². The lowest BCUT2D eigenvalue weighted by Crippen LogP contribution is -2.25. The Labute approximate surface area is 163 Å². The Hall–Kier alpha value is -3.47.